The van der Waals surface area contributed by atoms with E-state index in [0.29, 0.717) is 12.1 Å². The van der Waals surface area contributed by atoms with Crippen molar-refractivity contribution >= 4 is 17.9 Å². The highest BCUT2D eigenvalue weighted by atomic mass is 19.4. The second kappa shape index (κ2) is 6.26. The molecule has 0 aliphatic carbocycles. The van der Waals surface area contributed by atoms with Crippen molar-refractivity contribution in [2.75, 3.05) is 12.8 Å². The second-order valence-corrected chi connectivity index (χ2v) is 4.58. The zero-order valence-corrected chi connectivity index (χ0v) is 12.3. The molecule has 0 radical (unpaired) electrons. The Morgan fingerprint density at radius 3 is 2.50 bits per heavy atom. The summed E-state index contributed by atoms with van der Waals surface area (Å²) in [5, 5.41) is 0. The van der Waals surface area contributed by atoms with E-state index < -0.39 is 23.5 Å². The molecular weight excluding hydrogens is 330 g/mol. The SMILES string of the molecule is C=Cc1c(N)nc(-c2ccc(C(F)(F)F)c(F)c2)nc1C(=O)OC. The van der Waals surface area contributed by atoms with Gasteiger partial charge in [0.05, 0.1) is 12.7 Å². The minimum atomic E-state index is -4.83. The van der Waals surface area contributed by atoms with Crippen LogP contribution in [0.5, 0.6) is 0 Å². The van der Waals surface area contributed by atoms with Crippen LogP contribution in [0.3, 0.4) is 0 Å². The fraction of sp³-hybridized carbons (Fsp3) is 0.133. The van der Waals surface area contributed by atoms with Gasteiger partial charge in [0, 0.05) is 11.1 Å². The fourth-order valence-electron chi connectivity index (χ4n) is 1.95. The van der Waals surface area contributed by atoms with Crippen LogP contribution >= 0.6 is 0 Å². The third-order valence-electron chi connectivity index (χ3n) is 3.09. The van der Waals surface area contributed by atoms with E-state index in [4.69, 9.17) is 5.73 Å². The van der Waals surface area contributed by atoms with Crippen LogP contribution in [0.4, 0.5) is 23.4 Å². The van der Waals surface area contributed by atoms with Crippen molar-refractivity contribution in [3.63, 3.8) is 0 Å². The molecule has 2 rings (SSSR count). The number of methoxy groups -OCH3 is 1. The average Bonchev–Trinajstić information content (AvgIpc) is 2.51. The smallest absolute Gasteiger partial charge is 0.419 e. The molecule has 0 saturated carbocycles. The molecule has 2 N–H and O–H groups in total. The van der Waals surface area contributed by atoms with Gasteiger partial charge in [0.2, 0.25) is 0 Å². The first-order chi connectivity index (χ1) is 11.2. The van der Waals surface area contributed by atoms with Crippen LogP contribution in [0.15, 0.2) is 24.8 Å². The average molecular weight is 341 g/mol. The van der Waals surface area contributed by atoms with Crippen LogP contribution in [0, 0.1) is 5.82 Å². The number of nitrogen functional groups attached to an aromatic ring is 1. The Morgan fingerprint density at radius 1 is 1.33 bits per heavy atom. The molecule has 0 saturated heterocycles. The molecule has 0 unspecified atom stereocenters. The van der Waals surface area contributed by atoms with Gasteiger partial charge in [0.1, 0.15) is 11.6 Å². The zero-order valence-electron chi connectivity index (χ0n) is 12.3. The number of anilines is 1. The van der Waals surface area contributed by atoms with E-state index in [1.807, 2.05) is 0 Å². The van der Waals surface area contributed by atoms with Crippen molar-refractivity contribution in [3.05, 3.63) is 47.4 Å². The van der Waals surface area contributed by atoms with Gasteiger partial charge in [-0.2, -0.15) is 13.2 Å². The normalized spacial score (nSPS) is 11.2. The summed E-state index contributed by atoms with van der Waals surface area (Å²) in [5.41, 5.74) is 4.08. The van der Waals surface area contributed by atoms with E-state index in [2.05, 4.69) is 21.3 Å². The van der Waals surface area contributed by atoms with E-state index in [0.717, 1.165) is 13.2 Å². The Bertz CT molecular complexity index is 819. The first-order valence-electron chi connectivity index (χ1n) is 6.44. The van der Waals surface area contributed by atoms with Crippen LogP contribution in [0.2, 0.25) is 0 Å². The third-order valence-corrected chi connectivity index (χ3v) is 3.09. The number of esters is 1. The number of aromatic nitrogens is 2. The molecule has 9 heteroatoms. The van der Waals surface area contributed by atoms with Gasteiger partial charge in [-0.1, -0.05) is 18.7 Å². The molecule has 0 fully saturated rings. The van der Waals surface area contributed by atoms with Crippen LogP contribution in [-0.4, -0.2) is 23.0 Å². The summed E-state index contributed by atoms with van der Waals surface area (Å²) in [6.45, 7) is 3.47. The topological polar surface area (TPSA) is 78.1 Å². The maximum atomic E-state index is 13.7. The standard InChI is InChI=1S/C15H11F4N3O2/c1-3-8-11(14(23)24-2)21-13(22-12(8)20)7-4-5-9(10(16)6-7)15(17,18)19/h3-6H,1H2,2H3,(H2,20,21,22). The highest BCUT2D eigenvalue weighted by molar-refractivity contribution is 5.93. The lowest BCUT2D eigenvalue weighted by Gasteiger charge is -2.11. The summed E-state index contributed by atoms with van der Waals surface area (Å²) in [7, 11) is 1.12. The monoisotopic (exact) mass is 341 g/mol. The molecule has 5 nitrogen and oxygen atoms in total. The highest BCUT2D eigenvalue weighted by Crippen LogP contribution is 2.33. The Labute approximate surface area is 133 Å². The molecule has 0 spiro atoms. The van der Waals surface area contributed by atoms with E-state index in [9.17, 15) is 22.4 Å². The van der Waals surface area contributed by atoms with Crippen LogP contribution in [-0.2, 0) is 10.9 Å². The first kappa shape index (κ1) is 17.4. The number of nitrogens with zero attached hydrogens (tertiary/aromatic N) is 2. The van der Waals surface area contributed by atoms with Gasteiger partial charge < -0.3 is 10.5 Å². The number of hydrogen-bond acceptors (Lipinski definition) is 5. The first-order valence-corrected chi connectivity index (χ1v) is 6.44. The molecule has 126 valence electrons. The van der Waals surface area contributed by atoms with Gasteiger partial charge >= 0.3 is 12.1 Å². The Balaban J connectivity index is 2.61. The number of carbonyl (C=O) groups excluding carboxylic acids is 1. The third kappa shape index (κ3) is 3.19. The van der Waals surface area contributed by atoms with Crippen molar-refractivity contribution in [3.8, 4) is 11.4 Å². The summed E-state index contributed by atoms with van der Waals surface area (Å²) >= 11 is 0. The number of halogens is 4. The Kier molecular flexibility index (Phi) is 4.54. The van der Waals surface area contributed by atoms with Gasteiger partial charge in [-0.15, -0.1) is 0 Å². The molecule has 2 aromatic rings. The lowest BCUT2D eigenvalue weighted by molar-refractivity contribution is -0.139. The molecule has 0 atom stereocenters. The van der Waals surface area contributed by atoms with E-state index >= 15 is 0 Å². The molecule has 1 aromatic heterocycles. The predicted octanol–water partition coefficient (Wildman–Crippen LogP) is 3.31. The second-order valence-electron chi connectivity index (χ2n) is 4.58. The number of rotatable bonds is 3. The Morgan fingerprint density at radius 2 is 2.00 bits per heavy atom. The van der Waals surface area contributed by atoms with Gasteiger partial charge in [0.25, 0.3) is 0 Å². The summed E-state index contributed by atoms with van der Waals surface area (Å²) in [4.78, 5) is 19.5. The summed E-state index contributed by atoms with van der Waals surface area (Å²) in [6.07, 6.45) is -3.59. The van der Waals surface area contributed by atoms with Crippen molar-refractivity contribution in [1.29, 1.82) is 0 Å². The highest BCUT2D eigenvalue weighted by Gasteiger charge is 2.34. The van der Waals surface area contributed by atoms with Crippen LogP contribution in [0.1, 0.15) is 21.6 Å². The number of nitrogens with two attached hydrogens (primary N) is 1. The van der Waals surface area contributed by atoms with Gasteiger partial charge in [0.15, 0.2) is 11.5 Å². The lowest BCUT2D eigenvalue weighted by atomic mass is 10.1. The van der Waals surface area contributed by atoms with Gasteiger partial charge in [-0.05, 0) is 12.1 Å². The van der Waals surface area contributed by atoms with Crippen molar-refractivity contribution < 1.29 is 27.1 Å². The van der Waals surface area contributed by atoms with Crippen LogP contribution < -0.4 is 5.73 Å². The number of ether oxygens (including phenoxy) is 1. The minimum absolute atomic E-state index is 0.0760. The van der Waals surface area contributed by atoms with Crippen molar-refractivity contribution in [2.24, 2.45) is 0 Å². The number of carbonyl (C=O) groups is 1. The maximum absolute atomic E-state index is 13.7. The summed E-state index contributed by atoms with van der Waals surface area (Å²) in [5.74, 6) is -2.69. The summed E-state index contributed by atoms with van der Waals surface area (Å²) < 4.78 is 56.0. The maximum Gasteiger partial charge on any atom is 0.419 e. The Hall–Kier alpha value is -2.97. The van der Waals surface area contributed by atoms with E-state index in [1.165, 1.54) is 6.08 Å². The molecule has 0 aliphatic rings. The zero-order chi connectivity index (χ0) is 18.1. The van der Waals surface area contributed by atoms with E-state index in [1.54, 1.807) is 0 Å². The quantitative estimate of drug-likeness (QED) is 0.684. The molecule has 24 heavy (non-hydrogen) atoms. The molecule has 0 amide bonds. The van der Waals surface area contributed by atoms with Gasteiger partial charge in [-0.3, -0.25) is 0 Å². The lowest BCUT2D eigenvalue weighted by Crippen LogP contribution is -2.12. The number of hydrogen-bond donors (Lipinski definition) is 1. The molecule has 1 aromatic carbocycles. The molecular formula is C15H11F4N3O2. The number of alkyl halides is 3. The van der Waals surface area contributed by atoms with Gasteiger partial charge in [-0.25, -0.2) is 19.2 Å². The van der Waals surface area contributed by atoms with E-state index in [-0.39, 0.29) is 28.5 Å². The molecule has 0 aliphatic heterocycles. The molecule has 0 bridgehead atoms. The van der Waals surface area contributed by atoms with Crippen LogP contribution in [0.25, 0.3) is 17.5 Å². The largest absolute Gasteiger partial charge is 0.464 e. The summed E-state index contributed by atoms with van der Waals surface area (Å²) in [6, 6.07) is 2.16. The van der Waals surface area contributed by atoms with Crippen molar-refractivity contribution in [2.45, 2.75) is 6.18 Å². The van der Waals surface area contributed by atoms with Crippen molar-refractivity contribution in [1.82, 2.24) is 9.97 Å². The molecule has 1 heterocycles. The predicted molar refractivity (Wildman–Crippen MR) is 78.3 cm³/mol. The fourth-order valence-corrected chi connectivity index (χ4v) is 1.95. The number of benzene rings is 1. The minimum Gasteiger partial charge on any atom is -0.464 e.